The number of halogens is 5. The molecule has 2 heterocycles. The van der Waals surface area contributed by atoms with Crippen LogP contribution in [0.1, 0.15) is 40.4 Å². The van der Waals surface area contributed by atoms with Crippen molar-refractivity contribution < 1.29 is 26.7 Å². The Hall–Kier alpha value is -3.49. The molecule has 4 nitrogen and oxygen atoms in total. The van der Waals surface area contributed by atoms with E-state index in [2.05, 4.69) is 9.97 Å². The van der Waals surface area contributed by atoms with E-state index in [0.717, 1.165) is 18.6 Å². The molecule has 9 heteroatoms. The largest absolute Gasteiger partial charge is 0.473 e. The molecule has 0 bridgehead atoms. The summed E-state index contributed by atoms with van der Waals surface area (Å²) >= 11 is 0. The third-order valence-electron chi connectivity index (χ3n) is 6.80. The second-order valence-electron chi connectivity index (χ2n) is 8.88. The number of ether oxygens (including phenoxy) is 1. The van der Waals surface area contributed by atoms with Crippen molar-refractivity contribution in [2.24, 2.45) is 5.92 Å². The second kappa shape index (κ2) is 7.25. The summed E-state index contributed by atoms with van der Waals surface area (Å²) in [5, 5.41) is 0. The van der Waals surface area contributed by atoms with Crippen molar-refractivity contribution in [2.45, 2.75) is 38.5 Å². The Balaban J connectivity index is 1.39. The summed E-state index contributed by atoms with van der Waals surface area (Å²) in [6.07, 6.45) is -0.802. The van der Waals surface area contributed by atoms with E-state index in [9.17, 15) is 22.0 Å². The van der Waals surface area contributed by atoms with Crippen molar-refractivity contribution in [1.29, 1.82) is 0 Å². The summed E-state index contributed by atoms with van der Waals surface area (Å²) in [5.41, 5.74) is 2.72. The third-order valence-corrected chi connectivity index (χ3v) is 6.80. The van der Waals surface area contributed by atoms with Gasteiger partial charge < -0.3 is 4.74 Å². The number of pyridine rings is 1. The van der Waals surface area contributed by atoms with Gasteiger partial charge in [-0.15, -0.1) is 0 Å². The van der Waals surface area contributed by atoms with Crippen LogP contribution in [0.3, 0.4) is 0 Å². The smallest absolute Gasteiger partial charge is 0.450 e. The standard InChI is InChI=1S/C25H18F5N3O/c1-12-13(11-34-21-9-15-7-14-8-16(14)17(15)10-31-21)3-2-4-20(12)33-23-19(6-5-18(26)22(23)27)32-24(33)25(28,29)30/h2-6,9-10,14,16H,7-8,11H2,1H3. The highest BCUT2D eigenvalue weighted by molar-refractivity contribution is 5.80. The fourth-order valence-electron chi connectivity index (χ4n) is 4.96. The van der Waals surface area contributed by atoms with Gasteiger partial charge in [-0.25, -0.2) is 18.7 Å². The van der Waals surface area contributed by atoms with Crippen LogP contribution >= 0.6 is 0 Å². The van der Waals surface area contributed by atoms with Gasteiger partial charge in [-0.3, -0.25) is 4.57 Å². The maximum Gasteiger partial charge on any atom is 0.450 e. The minimum atomic E-state index is -4.88. The fraction of sp³-hybridized carbons (Fsp3) is 0.280. The molecule has 1 saturated carbocycles. The van der Waals surface area contributed by atoms with Crippen LogP contribution in [0.25, 0.3) is 16.7 Å². The average molecular weight is 471 g/mol. The molecule has 2 aliphatic rings. The van der Waals surface area contributed by atoms with Gasteiger partial charge >= 0.3 is 6.18 Å². The highest BCUT2D eigenvalue weighted by Crippen LogP contribution is 2.56. The van der Waals surface area contributed by atoms with Gasteiger partial charge in [0.2, 0.25) is 11.7 Å². The van der Waals surface area contributed by atoms with Crippen molar-refractivity contribution in [3.8, 4) is 11.6 Å². The number of rotatable bonds is 4. The van der Waals surface area contributed by atoms with Crippen LogP contribution in [0.4, 0.5) is 22.0 Å². The van der Waals surface area contributed by atoms with E-state index in [0.29, 0.717) is 33.4 Å². The summed E-state index contributed by atoms with van der Waals surface area (Å²) in [7, 11) is 0. The lowest BCUT2D eigenvalue weighted by Crippen LogP contribution is -2.15. The molecule has 0 spiro atoms. The monoisotopic (exact) mass is 471 g/mol. The Morgan fingerprint density at radius 3 is 2.76 bits per heavy atom. The molecule has 2 unspecified atom stereocenters. The topological polar surface area (TPSA) is 39.9 Å². The molecule has 0 radical (unpaired) electrons. The van der Waals surface area contributed by atoms with Crippen LogP contribution in [-0.4, -0.2) is 14.5 Å². The Bertz CT molecular complexity index is 1460. The Labute approximate surface area is 191 Å². The number of hydrogen-bond donors (Lipinski definition) is 0. The summed E-state index contributed by atoms with van der Waals surface area (Å²) < 4.78 is 76.5. The quantitative estimate of drug-likeness (QED) is 0.330. The average Bonchev–Trinajstić information content (AvgIpc) is 3.29. The zero-order valence-corrected chi connectivity index (χ0v) is 18.0. The van der Waals surface area contributed by atoms with Gasteiger partial charge in [0.25, 0.3) is 0 Å². The molecule has 2 aliphatic carbocycles. The molecule has 0 N–H and O–H groups in total. The molecule has 2 atom stereocenters. The minimum absolute atomic E-state index is 0.0439. The van der Waals surface area contributed by atoms with E-state index >= 15 is 0 Å². The Morgan fingerprint density at radius 1 is 1.15 bits per heavy atom. The highest BCUT2D eigenvalue weighted by Gasteiger charge is 2.45. The number of benzene rings is 2. The summed E-state index contributed by atoms with van der Waals surface area (Å²) in [6.45, 7) is 1.67. The maximum absolute atomic E-state index is 14.7. The molecule has 6 rings (SSSR count). The lowest BCUT2D eigenvalue weighted by Gasteiger charge is -2.17. The van der Waals surface area contributed by atoms with E-state index < -0.39 is 29.2 Å². The van der Waals surface area contributed by atoms with E-state index in [1.165, 1.54) is 23.6 Å². The van der Waals surface area contributed by atoms with E-state index in [1.54, 1.807) is 19.1 Å². The number of aromatic nitrogens is 3. The molecule has 0 amide bonds. The minimum Gasteiger partial charge on any atom is -0.473 e. The lowest BCUT2D eigenvalue weighted by molar-refractivity contribution is -0.145. The third kappa shape index (κ3) is 3.25. The zero-order valence-electron chi connectivity index (χ0n) is 18.0. The first-order chi connectivity index (χ1) is 16.2. The fourth-order valence-corrected chi connectivity index (χ4v) is 4.96. The maximum atomic E-state index is 14.7. The van der Waals surface area contributed by atoms with Gasteiger partial charge in [-0.05, 0) is 72.1 Å². The molecule has 2 aromatic heterocycles. The summed E-state index contributed by atoms with van der Waals surface area (Å²) in [6, 6.07) is 8.40. The van der Waals surface area contributed by atoms with Crippen LogP contribution in [-0.2, 0) is 19.2 Å². The molecule has 174 valence electrons. The SMILES string of the molecule is Cc1c(COc2cc3c(cn2)C2CC2C3)cccc1-n1c(C(F)(F)F)nc2ccc(F)c(F)c21. The van der Waals surface area contributed by atoms with Gasteiger partial charge in [-0.2, -0.15) is 13.2 Å². The van der Waals surface area contributed by atoms with E-state index in [-0.39, 0.29) is 17.8 Å². The molecular weight excluding hydrogens is 453 g/mol. The van der Waals surface area contributed by atoms with Gasteiger partial charge in [0, 0.05) is 12.3 Å². The number of alkyl halides is 3. The zero-order chi connectivity index (χ0) is 23.8. The molecule has 2 aromatic carbocycles. The Morgan fingerprint density at radius 2 is 1.97 bits per heavy atom. The Kier molecular flexibility index (Phi) is 4.49. The highest BCUT2D eigenvalue weighted by atomic mass is 19.4. The first kappa shape index (κ1) is 21.1. The predicted molar refractivity (Wildman–Crippen MR) is 114 cm³/mol. The molecule has 1 fully saturated rings. The molecule has 0 aliphatic heterocycles. The van der Waals surface area contributed by atoms with E-state index in [1.807, 2.05) is 12.3 Å². The normalized spacial score (nSPS) is 18.8. The lowest BCUT2D eigenvalue weighted by atomic mass is 10.1. The molecule has 4 aromatic rings. The number of imidazole rings is 1. The van der Waals surface area contributed by atoms with Crippen LogP contribution in [0.15, 0.2) is 42.6 Å². The molecular formula is C25H18F5N3O. The summed E-state index contributed by atoms with van der Waals surface area (Å²) in [4.78, 5) is 7.94. The number of hydrogen-bond acceptors (Lipinski definition) is 3. The van der Waals surface area contributed by atoms with Crippen molar-refractivity contribution in [3.63, 3.8) is 0 Å². The van der Waals surface area contributed by atoms with Crippen molar-refractivity contribution in [1.82, 2.24) is 14.5 Å². The molecule has 0 saturated heterocycles. The van der Waals surface area contributed by atoms with Crippen molar-refractivity contribution in [2.75, 3.05) is 0 Å². The van der Waals surface area contributed by atoms with Crippen LogP contribution < -0.4 is 4.74 Å². The number of fused-ring (bicyclic) bond motifs is 4. The van der Waals surface area contributed by atoms with Gasteiger partial charge in [-0.1, -0.05) is 12.1 Å². The van der Waals surface area contributed by atoms with Gasteiger partial charge in [0.15, 0.2) is 11.6 Å². The predicted octanol–water partition coefficient (Wildman–Crippen LogP) is 6.26. The van der Waals surface area contributed by atoms with Crippen molar-refractivity contribution >= 4 is 11.0 Å². The second-order valence-corrected chi connectivity index (χ2v) is 8.88. The number of nitrogens with zero attached hydrogens (tertiary/aromatic N) is 3. The van der Waals surface area contributed by atoms with E-state index in [4.69, 9.17) is 4.74 Å². The van der Waals surface area contributed by atoms with Gasteiger partial charge in [0.1, 0.15) is 12.1 Å². The van der Waals surface area contributed by atoms with Crippen LogP contribution in [0, 0.1) is 24.5 Å². The van der Waals surface area contributed by atoms with Gasteiger partial charge in [0.05, 0.1) is 11.2 Å². The van der Waals surface area contributed by atoms with Crippen LogP contribution in [0.5, 0.6) is 5.88 Å². The first-order valence-electron chi connectivity index (χ1n) is 10.9. The van der Waals surface area contributed by atoms with Crippen molar-refractivity contribution in [3.05, 3.63) is 82.3 Å². The van der Waals surface area contributed by atoms with Crippen LogP contribution in [0.2, 0.25) is 0 Å². The summed E-state index contributed by atoms with van der Waals surface area (Å²) in [5.74, 6) is -2.19. The first-order valence-corrected chi connectivity index (χ1v) is 10.9. The molecule has 34 heavy (non-hydrogen) atoms.